The van der Waals surface area contributed by atoms with Crippen LogP contribution < -0.4 is 20.1 Å². The van der Waals surface area contributed by atoms with Crippen molar-refractivity contribution >= 4 is 29.1 Å². The van der Waals surface area contributed by atoms with Gasteiger partial charge in [0.25, 0.3) is 0 Å². The molecule has 162 valence electrons. The first-order valence-corrected chi connectivity index (χ1v) is 11.6. The molecule has 6 nitrogen and oxygen atoms in total. The van der Waals surface area contributed by atoms with Gasteiger partial charge in [-0.15, -0.1) is 0 Å². The highest BCUT2D eigenvalue weighted by molar-refractivity contribution is 6.34. The second kappa shape index (κ2) is 7.95. The molecule has 0 radical (unpaired) electrons. The predicted molar refractivity (Wildman–Crippen MR) is 114 cm³/mol. The molecule has 30 heavy (non-hydrogen) atoms. The number of amides is 2. The van der Waals surface area contributed by atoms with Gasteiger partial charge in [-0.1, -0.05) is 11.6 Å². The van der Waals surface area contributed by atoms with E-state index in [1.807, 2.05) is 0 Å². The summed E-state index contributed by atoms with van der Waals surface area (Å²) in [6.07, 6.45) is 8.04. The van der Waals surface area contributed by atoms with Crippen molar-refractivity contribution < 1.29 is 19.1 Å². The second-order valence-electron chi connectivity index (χ2n) is 9.58. The fourth-order valence-corrected chi connectivity index (χ4v) is 6.56. The Balaban J connectivity index is 1.15. The molecule has 0 saturated heterocycles. The first kappa shape index (κ1) is 20.0. The van der Waals surface area contributed by atoms with E-state index in [1.54, 1.807) is 12.1 Å². The molecule has 7 heteroatoms. The molecule has 6 rings (SSSR count). The van der Waals surface area contributed by atoms with Crippen LogP contribution in [0.5, 0.6) is 11.5 Å². The maximum Gasteiger partial charge on any atom is 0.226 e. The SMILES string of the molecule is O=C(CCNC(=O)C12CC3CC(CC(C3)C1)C2)Nc1cc2c(cc1Cl)OCCCO2. The molecule has 4 saturated carbocycles. The Morgan fingerprint density at radius 1 is 1.00 bits per heavy atom. The van der Waals surface area contributed by atoms with E-state index in [1.165, 1.54) is 19.3 Å². The van der Waals surface area contributed by atoms with E-state index in [-0.39, 0.29) is 23.7 Å². The number of carbonyl (C=O) groups is 2. The summed E-state index contributed by atoms with van der Waals surface area (Å²) in [7, 11) is 0. The topological polar surface area (TPSA) is 76.7 Å². The molecule has 0 atom stereocenters. The highest BCUT2D eigenvalue weighted by Gasteiger charge is 2.54. The van der Waals surface area contributed by atoms with Gasteiger partial charge in [-0.25, -0.2) is 0 Å². The summed E-state index contributed by atoms with van der Waals surface area (Å²) < 4.78 is 11.3. The Morgan fingerprint density at radius 2 is 1.60 bits per heavy atom. The van der Waals surface area contributed by atoms with Crippen molar-refractivity contribution in [3.63, 3.8) is 0 Å². The molecular formula is C23H29ClN2O4. The first-order chi connectivity index (χ1) is 14.5. The van der Waals surface area contributed by atoms with Gasteiger partial charge in [-0.2, -0.15) is 0 Å². The predicted octanol–water partition coefficient (Wildman–Crippen LogP) is 4.16. The third-order valence-electron chi connectivity index (χ3n) is 7.27. The molecule has 4 aliphatic carbocycles. The van der Waals surface area contributed by atoms with E-state index in [4.69, 9.17) is 21.1 Å². The molecular weight excluding hydrogens is 404 g/mol. The van der Waals surface area contributed by atoms with Crippen LogP contribution in [0.25, 0.3) is 0 Å². The molecule has 2 N–H and O–H groups in total. The van der Waals surface area contributed by atoms with Crippen LogP contribution in [0.2, 0.25) is 5.02 Å². The van der Waals surface area contributed by atoms with Gasteiger partial charge in [0.05, 0.1) is 23.9 Å². The van der Waals surface area contributed by atoms with Crippen molar-refractivity contribution in [1.29, 1.82) is 0 Å². The highest BCUT2D eigenvalue weighted by atomic mass is 35.5. The lowest BCUT2D eigenvalue weighted by molar-refractivity contribution is -0.146. The lowest BCUT2D eigenvalue weighted by Crippen LogP contribution is -2.53. The third kappa shape index (κ3) is 3.86. The molecule has 1 aliphatic heterocycles. The van der Waals surface area contributed by atoms with E-state index < -0.39 is 0 Å². The summed E-state index contributed by atoms with van der Waals surface area (Å²) in [6, 6.07) is 3.38. The van der Waals surface area contributed by atoms with Crippen molar-refractivity contribution in [3.05, 3.63) is 17.2 Å². The summed E-state index contributed by atoms with van der Waals surface area (Å²) in [4.78, 5) is 25.4. The smallest absolute Gasteiger partial charge is 0.226 e. The molecule has 4 fully saturated rings. The molecule has 4 bridgehead atoms. The number of ether oxygens (including phenoxy) is 2. The second-order valence-corrected chi connectivity index (χ2v) is 9.99. The van der Waals surface area contributed by atoms with E-state index >= 15 is 0 Å². The van der Waals surface area contributed by atoms with Crippen molar-refractivity contribution in [2.45, 2.75) is 51.4 Å². The Hall–Kier alpha value is -1.95. The molecule has 5 aliphatic rings. The maximum atomic E-state index is 13.0. The van der Waals surface area contributed by atoms with Gasteiger partial charge >= 0.3 is 0 Å². The minimum absolute atomic E-state index is 0.156. The minimum Gasteiger partial charge on any atom is -0.490 e. The van der Waals surface area contributed by atoms with Gasteiger partial charge in [-0.05, 0) is 56.3 Å². The van der Waals surface area contributed by atoms with Gasteiger partial charge in [-0.3, -0.25) is 9.59 Å². The van der Waals surface area contributed by atoms with Crippen LogP contribution >= 0.6 is 11.6 Å². The fraction of sp³-hybridized carbons (Fsp3) is 0.652. The van der Waals surface area contributed by atoms with Gasteiger partial charge in [0.15, 0.2) is 11.5 Å². The average Bonchev–Trinajstić information content (AvgIpc) is 2.92. The van der Waals surface area contributed by atoms with Crippen LogP contribution in [-0.4, -0.2) is 31.6 Å². The quantitative estimate of drug-likeness (QED) is 0.732. The highest BCUT2D eigenvalue weighted by Crippen LogP contribution is 2.60. The number of hydrogen-bond donors (Lipinski definition) is 2. The number of rotatable bonds is 5. The van der Waals surface area contributed by atoms with Crippen molar-refractivity contribution in [1.82, 2.24) is 5.32 Å². The van der Waals surface area contributed by atoms with Gasteiger partial charge in [0.1, 0.15) is 0 Å². The molecule has 0 spiro atoms. The normalized spacial score (nSPS) is 31.2. The minimum atomic E-state index is -0.183. The van der Waals surface area contributed by atoms with Gasteiger partial charge in [0, 0.05) is 36.9 Å². The third-order valence-corrected chi connectivity index (χ3v) is 7.58. The number of benzene rings is 1. The monoisotopic (exact) mass is 432 g/mol. The van der Waals surface area contributed by atoms with Crippen LogP contribution in [0.4, 0.5) is 5.69 Å². The number of hydrogen-bond acceptors (Lipinski definition) is 4. The molecule has 2 amide bonds. The van der Waals surface area contributed by atoms with E-state index in [9.17, 15) is 9.59 Å². The van der Waals surface area contributed by atoms with E-state index in [0.29, 0.717) is 42.0 Å². The molecule has 1 aromatic rings. The summed E-state index contributed by atoms with van der Waals surface area (Å²) in [5.74, 6) is 3.34. The van der Waals surface area contributed by atoms with Crippen LogP contribution in [0.1, 0.15) is 51.4 Å². The number of anilines is 1. The van der Waals surface area contributed by atoms with Gasteiger partial charge in [0.2, 0.25) is 11.8 Å². The summed E-state index contributed by atoms with van der Waals surface area (Å²) in [6.45, 7) is 1.49. The Kier molecular flexibility index (Phi) is 5.30. The number of nitrogens with one attached hydrogen (secondary N) is 2. The van der Waals surface area contributed by atoms with Crippen LogP contribution in [0.3, 0.4) is 0 Å². The van der Waals surface area contributed by atoms with E-state index in [0.717, 1.165) is 43.4 Å². The van der Waals surface area contributed by atoms with Crippen LogP contribution in [-0.2, 0) is 9.59 Å². The summed E-state index contributed by atoms with van der Waals surface area (Å²) in [5.41, 5.74) is 0.321. The van der Waals surface area contributed by atoms with Gasteiger partial charge < -0.3 is 20.1 Å². The standard InChI is InChI=1S/C23H29ClN2O4/c24-17-9-19-20(30-5-1-4-29-19)10-18(17)26-21(27)2-3-25-22(28)23-11-14-6-15(12-23)8-16(7-14)13-23/h9-10,14-16H,1-8,11-13H2,(H,25,28)(H,26,27). The van der Waals surface area contributed by atoms with Crippen LogP contribution in [0, 0.1) is 23.2 Å². The Morgan fingerprint density at radius 3 is 2.23 bits per heavy atom. The Bertz CT molecular complexity index is 821. The van der Waals surface area contributed by atoms with Crippen LogP contribution in [0.15, 0.2) is 12.1 Å². The largest absolute Gasteiger partial charge is 0.490 e. The maximum absolute atomic E-state index is 13.0. The molecule has 1 heterocycles. The lowest BCUT2D eigenvalue weighted by atomic mass is 9.49. The summed E-state index contributed by atoms with van der Waals surface area (Å²) in [5, 5.41) is 6.29. The zero-order valence-corrected chi connectivity index (χ0v) is 17.9. The zero-order valence-electron chi connectivity index (χ0n) is 17.2. The number of carbonyl (C=O) groups excluding carboxylic acids is 2. The molecule has 0 aromatic heterocycles. The number of halogens is 1. The lowest BCUT2D eigenvalue weighted by Gasteiger charge is -2.55. The average molecular weight is 433 g/mol. The Labute approximate surface area is 182 Å². The molecule has 0 unspecified atom stereocenters. The van der Waals surface area contributed by atoms with Crippen molar-refractivity contribution in [2.75, 3.05) is 25.1 Å². The fourth-order valence-electron chi connectivity index (χ4n) is 6.36. The zero-order chi connectivity index (χ0) is 20.7. The number of fused-ring (bicyclic) bond motifs is 1. The van der Waals surface area contributed by atoms with E-state index in [2.05, 4.69) is 10.6 Å². The summed E-state index contributed by atoms with van der Waals surface area (Å²) >= 11 is 6.30. The van der Waals surface area contributed by atoms with Crippen molar-refractivity contribution in [3.8, 4) is 11.5 Å². The molecule has 1 aromatic carbocycles. The van der Waals surface area contributed by atoms with Crippen molar-refractivity contribution in [2.24, 2.45) is 23.2 Å². The first-order valence-electron chi connectivity index (χ1n) is 11.2.